The van der Waals surface area contributed by atoms with Crippen molar-refractivity contribution in [3.05, 3.63) is 104 Å². The van der Waals surface area contributed by atoms with Crippen LogP contribution < -0.4 is 20.1 Å². The number of thiazole rings is 1. The molecular weight excluding hydrogens is 491 g/mol. The van der Waals surface area contributed by atoms with Crippen molar-refractivity contribution in [2.75, 3.05) is 11.9 Å². The zero-order valence-electron chi connectivity index (χ0n) is 17.9. The second-order valence-corrected chi connectivity index (χ2v) is 8.88. The Labute approximate surface area is 207 Å². The Bertz CT molecular complexity index is 1640. The quantitative estimate of drug-likeness (QED) is 0.373. The maximum atomic E-state index is 13.0. The predicted molar refractivity (Wildman–Crippen MR) is 133 cm³/mol. The van der Waals surface area contributed by atoms with Crippen LogP contribution >= 0.6 is 22.9 Å². The van der Waals surface area contributed by atoms with Crippen molar-refractivity contribution in [3.63, 3.8) is 0 Å². The first-order valence-electron chi connectivity index (χ1n) is 10.4. The summed E-state index contributed by atoms with van der Waals surface area (Å²) in [5.41, 5.74) is 1.47. The van der Waals surface area contributed by atoms with Gasteiger partial charge in [0, 0.05) is 21.8 Å². The van der Waals surface area contributed by atoms with Crippen LogP contribution in [-0.4, -0.2) is 27.1 Å². The van der Waals surface area contributed by atoms with E-state index in [0.717, 1.165) is 5.56 Å². The van der Waals surface area contributed by atoms with Crippen molar-refractivity contribution >= 4 is 45.6 Å². The van der Waals surface area contributed by atoms with Gasteiger partial charge in [-0.25, -0.2) is 4.39 Å². The fourth-order valence-corrected chi connectivity index (χ4v) is 4.40. The molecule has 0 spiro atoms. The van der Waals surface area contributed by atoms with E-state index in [2.05, 4.69) is 15.4 Å². The summed E-state index contributed by atoms with van der Waals surface area (Å²) in [7, 11) is 0. The van der Waals surface area contributed by atoms with E-state index < -0.39 is 11.7 Å². The number of amides is 1. The number of nitrogens with one attached hydrogen (secondary N) is 1. The molecule has 0 aliphatic carbocycles. The SMILES string of the molecule is O=C(COc1ccc(Cl)cc1/C=c1\sc2nc(-c3ccccc3)nn2c1=O)Nc1ccc(F)cc1. The molecule has 2 heterocycles. The molecule has 0 saturated carbocycles. The molecule has 2 aromatic heterocycles. The first-order valence-corrected chi connectivity index (χ1v) is 11.6. The molecule has 0 unspecified atom stereocenters. The number of ether oxygens (including phenoxy) is 1. The molecule has 7 nitrogen and oxygen atoms in total. The number of halogens is 2. The lowest BCUT2D eigenvalue weighted by Gasteiger charge is -2.10. The minimum absolute atomic E-state index is 0.292. The fourth-order valence-electron chi connectivity index (χ4n) is 3.32. The van der Waals surface area contributed by atoms with Crippen molar-refractivity contribution in [2.24, 2.45) is 0 Å². The Kier molecular flexibility index (Phi) is 6.26. The van der Waals surface area contributed by atoms with Gasteiger partial charge in [0.15, 0.2) is 12.4 Å². The van der Waals surface area contributed by atoms with Crippen LogP contribution in [0.15, 0.2) is 77.6 Å². The third-order valence-corrected chi connectivity index (χ3v) is 6.15. The molecule has 174 valence electrons. The molecule has 0 saturated heterocycles. The molecule has 0 radical (unpaired) electrons. The molecule has 10 heteroatoms. The van der Waals surface area contributed by atoms with E-state index in [4.69, 9.17) is 16.3 Å². The van der Waals surface area contributed by atoms with Crippen molar-refractivity contribution in [1.82, 2.24) is 14.6 Å². The number of carbonyl (C=O) groups is 1. The lowest BCUT2D eigenvalue weighted by molar-refractivity contribution is -0.118. The van der Waals surface area contributed by atoms with Gasteiger partial charge < -0.3 is 10.1 Å². The summed E-state index contributed by atoms with van der Waals surface area (Å²) < 4.78 is 20.4. The number of hydrogen-bond acceptors (Lipinski definition) is 6. The van der Waals surface area contributed by atoms with Crippen LogP contribution in [0.1, 0.15) is 5.56 Å². The second-order valence-electron chi connectivity index (χ2n) is 7.44. The van der Waals surface area contributed by atoms with Crippen LogP contribution in [0, 0.1) is 5.82 Å². The Hall–Kier alpha value is -4.08. The van der Waals surface area contributed by atoms with Crippen LogP contribution in [-0.2, 0) is 4.79 Å². The van der Waals surface area contributed by atoms with Crippen molar-refractivity contribution in [1.29, 1.82) is 0 Å². The Morgan fingerprint density at radius 3 is 2.63 bits per heavy atom. The highest BCUT2D eigenvalue weighted by Gasteiger charge is 2.13. The van der Waals surface area contributed by atoms with E-state index in [1.807, 2.05) is 30.3 Å². The molecule has 0 aliphatic rings. The molecule has 0 atom stereocenters. The fraction of sp³-hybridized carbons (Fsp3) is 0.0400. The van der Waals surface area contributed by atoms with Crippen LogP contribution in [0.3, 0.4) is 0 Å². The average Bonchev–Trinajstić information content (AvgIpc) is 3.40. The van der Waals surface area contributed by atoms with Gasteiger partial charge in [0.05, 0.1) is 4.53 Å². The Balaban J connectivity index is 1.39. The van der Waals surface area contributed by atoms with E-state index in [1.165, 1.54) is 40.1 Å². The number of nitrogens with zero attached hydrogens (tertiary/aromatic N) is 3. The van der Waals surface area contributed by atoms with Crippen LogP contribution in [0.4, 0.5) is 10.1 Å². The lowest BCUT2D eigenvalue weighted by atomic mass is 10.2. The van der Waals surface area contributed by atoms with Gasteiger partial charge in [0.2, 0.25) is 4.96 Å². The summed E-state index contributed by atoms with van der Waals surface area (Å²) in [5.74, 6) is 0.0200. The van der Waals surface area contributed by atoms with Crippen LogP contribution in [0.2, 0.25) is 5.02 Å². The summed E-state index contributed by atoms with van der Waals surface area (Å²) in [4.78, 5) is 30.1. The average molecular weight is 507 g/mol. The molecule has 5 aromatic rings. The molecular formula is C25H16ClFN4O3S. The third-order valence-electron chi connectivity index (χ3n) is 4.96. The zero-order valence-corrected chi connectivity index (χ0v) is 19.5. The minimum atomic E-state index is -0.422. The monoisotopic (exact) mass is 506 g/mol. The van der Waals surface area contributed by atoms with Gasteiger partial charge >= 0.3 is 0 Å². The first-order chi connectivity index (χ1) is 17.0. The van der Waals surface area contributed by atoms with Crippen LogP contribution in [0.25, 0.3) is 22.4 Å². The summed E-state index contributed by atoms with van der Waals surface area (Å²) in [6, 6.07) is 19.7. The lowest BCUT2D eigenvalue weighted by Crippen LogP contribution is -2.24. The number of hydrogen-bond donors (Lipinski definition) is 1. The second kappa shape index (κ2) is 9.65. The topological polar surface area (TPSA) is 85.6 Å². The normalized spacial score (nSPS) is 11.7. The molecule has 0 aliphatic heterocycles. The minimum Gasteiger partial charge on any atom is -0.483 e. The first kappa shape index (κ1) is 22.7. The molecule has 1 N–H and O–H groups in total. The van der Waals surface area contributed by atoms with Crippen molar-refractivity contribution in [3.8, 4) is 17.1 Å². The Morgan fingerprint density at radius 2 is 1.89 bits per heavy atom. The van der Waals surface area contributed by atoms with E-state index in [0.29, 0.717) is 37.3 Å². The number of aromatic nitrogens is 3. The zero-order chi connectivity index (χ0) is 24.4. The number of carbonyl (C=O) groups excluding carboxylic acids is 1. The van der Waals surface area contributed by atoms with Gasteiger partial charge in [-0.05, 0) is 48.5 Å². The maximum Gasteiger partial charge on any atom is 0.291 e. The van der Waals surface area contributed by atoms with Crippen molar-refractivity contribution in [2.45, 2.75) is 0 Å². The summed E-state index contributed by atoms with van der Waals surface area (Å²) in [6.07, 6.45) is 1.63. The highest BCUT2D eigenvalue weighted by Crippen LogP contribution is 2.24. The summed E-state index contributed by atoms with van der Waals surface area (Å²) in [5, 5.41) is 7.41. The molecule has 0 bridgehead atoms. The molecule has 35 heavy (non-hydrogen) atoms. The third kappa shape index (κ3) is 5.06. The number of benzene rings is 3. The maximum absolute atomic E-state index is 13.0. The predicted octanol–water partition coefficient (Wildman–Crippen LogP) is 4.18. The summed E-state index contributed by atoms with van der Waals surface area (Å²) in [6.45, 7) is -0.292. The van der Waals surface area contributed by atoms with Crippen molar-refractivity contribution < 1.29 is 13.9 Å². The molecule has 5 rings (SSSR count). The van der Waals surface area contributed by atoms with E-state index in [9.17, 15) is 14.0 Å². The van der Waals surface area contributed by atoms with Gasteiger partial charge in [0.1, 0.15) is 11.6 Å². The van der Waals surface area contributed by atoms with E-state index in [-0.39, 0.29) is 12.2 Å². The molecule has 3 aromatic carbocycles. The number of rotatable bonds is 6. The largest absolute Gasteiger partial charge is 0.483 e. The smallest absolute Gasteiger partial charge is 0.291 e. The van der Waals surface area contributed by atoms with E-state index >= 15 is 0 Å². The molecule has 0 fully saturated rings. The van der Waals surface area contributed by atoms with E-state index in [1.54, 1.807) is 24.3 Å². The van der Waals surface area contributed by atoms with Gasteiger partial charge in [-0.3, -0.25) is 9.59 Å². The summed E-state index contributed by atoms with van der Waals surface area (Å²) >= 11 is 7.35. The highest BCUT2D eigenvalue weighted by molar-refractivity contribution is 7.15. The number of fused-ring (bicyclic) bond motifs is 1. The van der Waals surface area contributed by atoms with Gasteiger partial charge in [0.25, 0.3) is 11.5 Å². The molecule has 1 amide bonds. The number of anilines is 1. The van der Waals surface area contributed by atoms with Gasteiger partial charge in [-0.1, -0.05) is 53.3 Å². The van der Waals surface area contributed by atoms with Gasteiger partial charge in [-0.2, -0.15) is 9.50 Å². The highest BCUT2D eigenvalue weighted by atomic mass is 35.5. The standard InChI is InChI=1S/C25H16ClFN4O3S/c26-17-6-11-20(34-14-22(32)28-19-9-7-18(27)8-10-19)16(12-17)13-21-24(33)31-25(35-21)29-23(30-31)15-4-2-1-3-5-15/h1-13H,14H2,(H,28,32)/b21-13-. The Morgan fingerprint density at radius 1 is 1.11 bits per heavy atom. The van der Waals surface area contributed by atoms with Crippen LogP contribution in [0.5, 0.6) is 5.75 Å². The van der Waals surface area contributed by atoms with Gasteiger partial charge in [-0.15, -0.1) is 5.10 Å².